The summed E-state index contributed by atoms with van der Waals surface area (Å²) in [6.45, 7) is -0.965. The van der Waals surface area contributed by atoms with Crippen molar-refractivity contribution in [1.82, 2.24) is 10.3 Å². The van der Waals surface area contributed by atoms with Crippen molar-refractivity contribution < 1.29 is 41.7 Å². The van der Waals surface area contributed by atoms with Crippen LogP contribution in [0.2, 0.25) is 5.02 Å². The Balaban J connectivity index is 1.22. The number of carbonyl (C=O) groups excluding carboxylic acids is 1. The molecule has 1 aromatic heterocycles. The minimum Gasteiger partial charge on any atom is -0.480 e. The van der Waals surface area contributed by atoms with Gasteiger partial charge in [-0.3, -0.25) is 9.53 Å². The van der Waals surface area contributed by atoms with Gasteiger partial charge in [0.1, 0.15) is 18.6 Å². The molecule has 8 nitrogen and oxygen atoms in total. The maximum atomic E-state index is 12.7. The fraction of sp³-hybridized carbons (Fsp3) is 0.545. The number of nitrogens with one attached hydrogen (secondary N) is 1. The molecule has 1 aromatic carbocycles. The number of hydrogen-bond acceptors (Lipinski definition) is 7. The number of benzene rings is 1. The van der Waals surface area contributed by atoms with E-state index in [0.717, 1.165) is 0 Å². The molecule has 0 unspecified atom stereocenters. The second kappa shape index (κ2) is 10.4. The van der Waals surface area contributed by atoms with E-state index < -0.39 is 25.2 Å². The molecule has 2 N–H and O–H groups in total. The van der Waals surface area contributed by atoms with Crippen LogP contribution in [0.15, 0.2) is 28.8 Å². The number of ether oxygens (including phenoxy) is 3. The third-order valence-electron chi connectivity index (χ3n) is 5.85. The molecule has 2 aromatic rings. The van der Waals surface area contributed by atoms with Crippen molar-refractivity contribution in [1.29, 1.82) is 0 Å². The fourth-order valence-corrected chi connectivity index (χ4v) is 4.37. The van der Waals surface area contributed by atoms with Gasteiger partial charge in [-0.2, -0.15) is 0 Å². The van der Waals surface area contributed by atoms with Crippen LogP contribution in [0.5, 0.6) is 11.7 Å². The Hall–Kier alpha value is -2.50. The lowest BCUT2D eigenvalue weighted by molar-refractivity contribution is -0.325. The van der Waals surface area contributed by atoms with E-state index in [0.29, 0.717) is 47.9 Å². The Labute approximate surface area is 198 Å². The maximum Gasteiger partial charge on any atom is 0.522 e. The molecule has 0 bridgehead atoms. The van der Waals surface area contributed by atoms with E-state index >= 15 is 0 Å². The summed E-state index contributed by atoms with van der Waals surface area (Å²) in [5.41, 5.74) is 0.569. The highest BCUT2D eigenvalue weighted by molar-refractivity contribution is 6.30. The van der Waals surface area contributed by atoms with Crippen LogP contribution in [0.3, 0.4) is 0 Å². The predicted octanol–water partition coefficient (Wildman–Crippen LogP) is 4.27. The first kappa shape index (κ1) is 24.6. The van der Waals surface area contributed by atoms with Gasteiger partial charge in [-0.15, -0.1) is 13.2 Å². The van der Waals surface area contributed by atoms with E-state index in [-0.39, 0.29) is 36.8 Å². The average Bonchev–Trinajstić information content (AvgIpc) is 3.26. The zero-order valence-corrected chi connectivity index (χ0v) is 18.8. The fourth-order valence-electron chi connectivity index (χ4n) is 4.18. The van der Waals surface area contributed by atoms with Crippen molar-refractivity contribution in [3.8, 4) is 11.7 Å². The lowest BCUT2D eigenvalue weighted by atomic mass is 9.85. The summed E-state index contributed by atoms with van der Waals surface area (Å²) >= 11 is 5.96. The number of aliphatic hydroxyl groups is 1. The van der Waals surface area contributed by atoms with E-state index in [1.807, 2.05) is 0 Å². The molecule has 1 aliphatic heterocycles. The Kier molecular flexibility index (Phi) is 7.54. The summed E-state index contributed by atoms with van der Waals surface area (Å²) < 4.78 is 55.9. The van der Waals surface area contributed by atoms with Gasteiger partial charge in [-0.1, -0.05) is 11.6 Å². The summed E-state index contributed by atoms with van der Waals surface area (Å²) in [7, 11) is 0. The highest BCUT2D eigenvalue weighted by Gasteiger charge is 2.34. The van der Waals surface area contributed by atoms with Crippen molar-refractivity contribution in [2.75, 3.05) is 13.2 Å². The van der Waals surface area contributed by atoms with Crippen LogP contribution in [0.25, 0.3) is 0 Å². The third kappa shape index (κ3) is 6.34. The average molecular weight is 505 g/mol. The van der Waals surface area contributed by atoms with Gasteiger partial charge in [0.05, 0.1) is 12.7 Å². The summed E-state index contributed by atoms with van der Waals surface area (Å²) in [6, 6.07) is 4.86. The number of fused-ring (bicyclic) bond motifs is 1. The minimum absolute atomic E-state index is 0.0151. The summed E-state index contributed by atoms with van der Waals surface area (Å²) in [5, 5.41) is 13.9. The van der Waals surface area contributed by atoms with E-state index in [2.05, 4.69) is 15.0 Å². The first-order chi connectivity index (χ1) is 16.2. The number of nitrogens with zero attached hydrogens (tertiary/aromatic N) is 1. The molecule has 0 radical (unpaired) electrons. The maximum absolute atomic E-state index is 12.7. The highest BCUT2D eigenvalue weighted by atomic mass is 35.5. The molecule has 186 valence electrons. The lowest BCUT2D eigenvalue weighted by Gasteiger charge is -2.32. The second-order valence-corrected chi connectivity index (χ2v) is 8.69. The number of rotatable bonds is 7. The molecular formula is C22H24ClF3N2O6. The number of halogens is 4. The molecule has 2 aliphatic rings. The molecule has 1 aliphatic carbocycles. The van der Waals surface area contributed by atoms with Gasteiger partial charge in [-0.25, -0.2) is 4.98 Å². The molecule has 0 saturated heterocycles. The number of hydrogen-bond donors (Lipinski definition) is 2. The molecule has 2 heterocycles. The third-order valence-corrected chi connectivity index (χ3v) is 6.08. The van der Waals surface area contributed by atoms with Crippen LogP contribution < -0.4 is 14.8 Å². The molecule has 0 spiro atoms. The Morgan fingerprint density at radius 3 is 2.74 bits per heavy atom. The van der Waals surface area contributed by atoms with Crippen molar-refractivity contribution in [3.63, 3.8) is 0 Å². The van der Waals surface area contributed by atoms with Gasteiger partial charge >= 0.3 is 12.3 Å². The van der Waals surface area contributed by atoms with E-state index in [1.54, 1.807) is 18.2 Å². The number of carbonyl (C=O) groups is 1. The van der Waals surface area contributed by atoms with Crippen LogP contribution >= 0.6 is 11.6 Å². The quantitative estimate of drug-likeness (QED) is 0.543. The van der Waals surface area contributed by atoms with Gasteiger partial charge in [0.15, 0.2) is 6.10 Å². The Morgan fingerprint density at radius 1 is 1.24 bits per heavy atom. The topological polar surface area (TPSA) is 103 Å². The molecular weight excluding hydrogens is 481 g/mol. The van der Waals surface area contributed by atoms with Crippen molar-refractivity contribution in [2.24, 2.45) is 0 Å². The second-order valence-electron chi connectivity index (χ2n) is 8.26. The van der Waals surface area contributed by atoms with Gasteiger partial charge in [0.2, 0.25) is 5.89 Å². The van der Waals surface area contributed by atoms with E-state index in [1.165, 1.54) is 6.20 Å². The van der Waals surface area contributed by atoms with Crippen LogP contribution in [0.4, 0.5) is 13.2 Å². The van der Waals surface area contributed by atoms with Crippen molar-refractivity contribution in [2.45, 2.75) is 62.6 Å². The minimum atomic E-state index is -4.70. The number of aliphatic hydroxyl groups excluding tert-OH is 1. The standard InChI is InChI=1S/C22H24ClF3N2O6/c23-13-3-6-17-15(9-13)16(29)10-18(33-17)20(30)28-14-4-1-12(2-5-14)21-27-11-19(34-21)31-7-8-32-22(24,25)26/h3,6,9,11-12,14,16,18,29H,1-2,4-5,7-8,10H2,(H,28,30)/t12?,14?,16-,18-/m1/s1. The van der Waals surface area contributed by atoms with Crippen LogP contribution in [-0.2, 0) is 9.53 Å². The smallest absolute Gasteiger partial charge is 0.480 e. The Bertz CT molecular complexity index is 993. The molecule has 1 fully saturated rings. The first-order valence-corrected chi connectivity index (χ1v) is 11.3. The zero-order valence-electron chi connectivity index (χ0n) is 18.0. The van der Waals surface area contributed by atoms with E-state index in [4.69, 9.17) is 25.5 Å². The van der Waals surface area contributed by atoms with Crippen molar-refractivity contribution >= 4 is 17.5 Å². The lowest BCUT2D eigenvalue weighted by Crippen LogP contribution is -2.46. The summed E-state index contributed by atoms with van der Waals surface area (Å²) in [4.78, 5) is 16.9. The molecule has 34 heavy (non-hydrogen) atoms. The molecule has 4 rings (SSSR count). The number of alkyl halides is 3. The predicted molar refractivity (Wildman–Crippen MR) is 113 cm³/mol. The monoisotopic (exact) mass is 504 g/mol. The highest BCUT2D eigenvalue weighted by Crippen LogP contribution is 2.37. The number of aromatic nitrogens is 1. The molecule has 12 heteroatoms. The van der Waals surface area contributed by atoms with Gasteiger partial charge in [0.25, 0.3) is 5.91 Å². The van der Waals surface area contributed by atoms with Gasteiger partial charge in [-0.05, 0) is 43.9 Å². The SMILES string of the molecule is O=C(NC1CCC(c2ncc(OCCOC(F)(F)F)o2)CC1)[C@H]1C[C@@H](O)c2cc(Cl)ccc2O1. The van der Waals surface area contributed by atoms with E-state index in [9.17, 15) is 23.1 Å². The van der Waals surface area contributed by atoms with Crippen LogP contribution in [0.1, 0.15) is 55.6 Å². The van der Waals surface area contributed by atoms with Gasteiger partial charge < -0.3 is 24.3 Å². The summed E-state index contributed by atoms with van der Waals surface area (Å²) in [5.74, 6) is 0.660. The molecule has 2 atom stereocenters. The largest absolute Gasteiger partial charge is 0.522 e. The number of amides is 1. The van der Waals surface area contributed by atoms with Crippen molar-refractivity contribution in [3.05, 3.63) is 40.9 Å². The zero-order chi connectivity index (χ0) is 24.3. The summed E-state index contributed by atoms with van der Waals surface area (Å²) in [6.07, 6.45) is -2.08. The molecule has 1 amide bonds. The Morgan fingerprint density at radius 2 is 2.00 bits per heavy atom. The van der Waals surface area contributed by atoms with Crippen LogP contribution in [0, 0.1) is 0 Å². The molecule has 1 saturated carbocycles. The first-order valence-electron chi connectivity index (χ1n) is 10.9. The van der Waals surface area contributed by atoms with Crippen LogP contribution in [-0.4, -0.2) is 47.7 Å². The number of oxazole rings is 1. The normalized spacial score (nSPS) is 24.7. The van der Waals surface area contributed by atoms with Gasteiger partial charge in [0, 0.05) is 29.0 Å².